The summed E-state index contributed by atoms with van der Waals surface area (Å²) >= 11 is 0. The summed E-state index contributed by atoms with van der Waals surface area (Å²) in [5.41, 5.74) is -0.638. The summed E-state index contributed by atoms with van der Waals surface area (Å²) in [7, 11) is 0. The molecule has 7 heteroatoms. The van der Waals surface area contributed by atoms with Gasteiger partial charge in [-0.05, 0) is 25.1 Å². The van der Waals surface area contributed by atoms with Crippen molar-refractivity contribution in [2.24, 2.45) is 0 Å². The van der Waals surface area contributed by atoms with Crippen LogP contribution in [0.5, 0.6) is 0 Å². The van der Waals surface area contributed by atoms with Crippen molar-refractivity contribution in [1.29, 1.82) is 0 Å². The second kappa shape index (κ2) is 4.41. The summed E-state index contributed by atoms with van der Waals surface area (Å²) in [6, 6.07) is 4.55. The number of aliphatic hydroxyl groups is 1. The summed E-state index contributed by atoms with van der Waals surface area (Å²) < 4.78 is 42.3. The molecule has 0 aliphatic rings. The maximum Gasteiger partial charge on any atom is 0.416 e. The average Bonchev–Trinajstić information content (AvgIpc) is 2.77. The Balaban J connectivity index is 2.38. The average molecular weight is 258 g/mol. The van der Waals surface area contributed by atoms with Crippen LogP contribution in [0, 0.1) is 0 Å². The second-order valence-electron chi connectivity index (χ2n) is 3.71. The minimum absolute atomic E-state index is 0.0300. The van der Waals surface area contributed by atoms with Gasteiger partial charge >= 0.3 is 6.18 Å². The van der Waals surface area contributed by atoms with Crippen LogP contribution in [0.1, 0.15) is 24.4 Å². The molecule has 1 N–H and O–H groups in total. The molecule has 1 aromatic carbocycles. The third kappa shape index (κ3) is 2.51. The molecule has 1 aromatic heterocycles. The lowest BCUT2D eigenvalue weighted by Crippen LogP contribution is -2.04. The molecule has 4 nitrogen and oxygen atoms in total. The molecular weight excluding hydrogens is 249 g/mol. The highest BCUT2D eigenvalue weighted by Gasteiger charge is 2.30. The van der Waals surface area contributed by atoms with E-state index in [1.165, 1.54) is 19.1 Å². The molecule has 0 aliphatic heterocycles. The standard InChI is InChI=1S/C11H9F3N2O2/c1-6(17)9-15-10(18-16-9)7-3-2-4-8(5-7)11(12,13)14/h2-6,17H,1H3. The van der Waals surface area contributed by atoms with Gasteiger partial charge in [-0.1, -0.05) is 11.2 Å². The van der Waals surface area contributed by atoms with Gasteiger partial charge in [0.25, 0.3) is 5.89 Å². The van der Waals surface area contributed by atoms with E-state index < -0.39 is 17.8 Å². The van der Waals surface area contributed by atoms with E-state index in [9.17, 15) is 18.3 Å². The van der Waals surface area contributed by atoms with Crippen LogP contribution in [0.25, 0.3) is 11.5 Å². The monoisotopic (exact) mass is 258 g/mol. The molecule has 1 heterocycles. The SMILES string of the molecule is CC(O)c1noc(-c2cccc(C(F)(F)F)c2)n1. The lowest BCUT2D eigenvalue weighted by Gasteiger charge is -2.06. The molecule has 0 spiro atoms. The van der Waals surface area contributed by atoms with Gasteiger partial charge in [0.15, 0.2) is 5.82 Å². The summed E-state index contributed by atoms with van der Waals surface area (Å²) in [6.07, 6.45) is -5.36. The van der Waals surface area contributed by atoms with Crippen LogP contribution in [0.2, 0.25) is 0 Å². The van der Waals surface area contributed by atoms with Crippen molar-refractivity contribution in [2.75, 3.05) is 0 Å². The number of hydrogen-bond donors (Lipinski definition) is 1. The molecule has 0 fully saturated rings. The predicted octanol–water partition coefficient (Wildman–Crippen LogP) is 2.81. The Morgan fingerprint density at radius 2 is 2.06 bits per heavy atom. The number of hydrogen-bond acceptors (Lipinski definition) is 4. The molecule has 96 valence electrons. The summed E-state index contributed by atoms with van der Waals surface area (Å²) in [4.78, 5) is 3.81. The van der Waals surface area contributed by atoms with Gasteiger partial charge in [-0.3, -0.25) is 0 Å². The van der Waals surface area contributed by atoms with E-state index in [2.05, 4.69) is 10.1 Å². The van der Waals surface area contributed by atoms with E-state index in [4.69, 9.17) is 4.52 Å². The molecule has 1 atom stereocenters. The number of alkyl halides is 3. The van der Waals surface area contributed by atoms with Gasteiger partial charge in [-0.2, -0.15) is 18.2 Å². The molecule has 0 radical (unpaired) electrons. The number of nitrogens with zero attached hydrogens (tertiary/aromatic N) is 2. The van der Waals surface area contributed by atoms with E-state index in [0.717, 1.165) is 12.1 Å². The fraction of sp³-hybridized carbons (Fsp3) is 0.273. The van der Waals surface area contributed by atoms with Crippen molar-refractivity contribution >= 4 is 0 Å². The van der Waals surface area contributed by atoms with Crippen LogP contribution in [-0.2, 0) is 6.18 Å². The quantitative estimate of drug-likeness (QED) is 0.899. The van der Waals surface area contributed by atoms with Crippen LogP contribution in [0.15, 0.2) is 28.8 Å². The smallest absolute Gasteiger partial charge is 0.385 e. The van der Waals surface area contributed by atoms with Crippen molar-refractivity contribution in [3.05, 3.63) is 35.7 Å². The van der Waals surface area contributed by atoms with Gasteiger partial charge in [-0.25, -0.2) is 0 Å². The van der Waals surface area contributed by atoms with Gasteiger partial charge < -0.3 is 9.63 Å². The topological polar surface area (TPSA) is 59.2 Å². The minimum atomic E-state index is -4.43. The molecule has 1 unspecified atom stereocenters. The van der Waals surface area contributed by atoms with E-state index in [-0.39, 0.29) is 17.3 Å². The van der Waals surface area contributed by atoms with Crippen LogP contribution in [0.3, 0.4) is 0 Å². The maximum absolute atomic E-state index is 12.5. The summed E-state index contributed by atoms with van der Waals surface area (Å²) in [5, 5.41) is 12.7. The van der Waals surface area contributed by atoms with Gasteiger partial charge in [0.1, 0.15) is 6.10 Å². The highest BCUT2D eigenvalue weighted by atomic mass is 19.4. The number of halogens is 3. The molecule has 2 rings (SSSR count). The zero-order valence-electron chi connectivity index (χ0n) is 9.27. The first kappa shape index (κ1) is 12.6. The first-order valence-corrected chi connectivity index (χ1v) is 5.07. The molecule has 18 heavy (non-hydrogen) atoms. The van der Waals surface area contributed by atoms with Crippen LogP contribution in [-0.4, -0.2) is 15.2 Å². The van der Waals surface area contributed by atoms with Gasteiger partial charge in [-0.15, -0.1) is 0 Å². The summed E-state index contributed by atoms with van der Waals surface area (Å²) in [6.45, 7) is 1.43. The van der Waals surface area contributed by atoms with Crippen LogP contribution in [0.4, 0.5) is 13.2 Å². The Kier molecular flexibility index (Phi) is 3.08. The predicted molar refractivity (Wildman–Crippen MR) is 55.4 cm³/mol. The molecule has 0 aliphatic carbocycles. The molecule has 0 amide bonds. The molecule has 2 aromatic rings. The number of benzene rings is 1. The Bertz CT molecular complexity index is 549. The molecular formula is C11H9F3N2O2. The molecule has 0 saturated carbocycles. The van der Waals surface area contributed by atoms with E-state index in [1.54, 1.807) is 0 Å². The van der Waals surface area contributed by atoms with Crippen molar-refractivity contribution in [2.45, 2.75) is 19.2 Å². The lowest BCUT2D eigenvalue weighted by atomic mass is 10.1. The summed E-state index contributed by atoms with van der Waals surface area (Å²) in [5.74, 6) is -0.0283. The first-order chi connectivity index (χ1) is 8.38. The fourth-order valence-corrected chi connectivity index (χ4v) is 1.35. The van der Waals surface area contributed by atoms with Crippen molar-refractivity contribution in [3.63, 3.8) is 0 Å². The Morgan fingerprint density at radius 3 is 2.61 bits per heavy atom. The Hall–Kier alpha value is -1.89. The number of rotatable bonds is 2. The van der Waals surface area contributed by atoms with Crippen molar-refractivity contribution in [3.8, 4) is 11.5 Å². The zero-order chi connectivity index (χ0) is 13.3. The Labute approximate surface area is 100 Å². The molecule has 0 saturated heterocycles. The highest BCUT2D eigenvalue weighted by molar-refractivity contribution is 5.54. The van der Waals surface area contributed by atoms with Crippen molar-refractivity contribution in [1.82, 2.24) is 10.1 Å². The van der Waals surface area contributed by atoms with Crippen LogP contribution < -0.4 is 0 Å². The Morgan fingerprint density at radius 1 is 1.33 bits per heavy atom. The minimum Gasteiger partial charge on any atom is -0.385 e. The third-order valence-corrected chi connectivity index (χ3v) is 2.25. The highest BCUT2D eigenvalue weighted by Crippen LogP contribution is 2.31. The third-order valence-electron chi connectivity index (χ3n) is 2.25. The van der Waals surface area contributed by atoms with E-state index >= 15 is 0 Å². The lowest BCUT2D eigenvalue weighted by molar-refractivity contribution is -0.137. The van der Waals surface area contributed by atoms with Gasteiger partial charge in [0.2, 0.25) is 0 Å². The van der Waals surface area contributed by atoms with E-state index in [1.807, 2.05) is 0 Å². The zero-order valence-corrected chi connectivity index (χ0v) is 9.27. The largest absolute Gasteiger partial charge is 0.416 e. The first-order valence-electron chi connectivity index (χ1n) is 5.07. The number of aromatic nitrogens is 2. The van der Waals surface area contributed by atoms with E-state index in [0.29, 0.717) is 0 Å². The second-order valence-corrected chi connectivity index (χ2v) is 3.71. The molecule has 0 bridgehead atoms. The normalized spacial score (nSPS) is 13.6. The number of aliphatic hydroxyl groups excluding tert-OH is 1. The fourth-order valence-electron chi connectivity index (χ4n) is 1.35. The maximum atomic E-state index is 12.5. The van der Waals surface area contributed by atoms with Gasteiger partial charge in [0.05, 0.1) is 5.56 Å². The van der Waals surface area contributed by atoms with Crippen LogP contribution >= 0.6 is 0 Å². The van der Waals surface area contributed by atoms with Gasteiger partial charge in [0, 0.05) is 5.56 Å². The van der Waals surface area contributed by atoms with Crippen molar-refractivity contribution < 1.29 is 22.8 Å².